The average Bonchev–Trinajstić information content (AvgIpc) is 0.811. The molecular formula is CH5OP2+. The van der Waals surface area contributed by atoms with Gasteiger partial charge in [0.25, 0.3) is 0 Å². The van der Waals surface area contributed by atoms with Gasteiger partial charge < -0.3 is 0 Å². The smallest absolute Gasteiger partial charge is 0.0732 e. The quantitative estimate of drug-likeness (QED) is 0.413. The summed E-state index contributed by atoms with van der Waals surface area (Å²) in [6.07, 6.45) is 0. The molecule has 0 aliphatic carbocycles. The van der Waals surface area contributed by atoms with Gasteiger partial charge in [0.1, 0.15) is 15.6 Å². The molecule has 2 unspecified atom stereocenters. The molecule has 0 aliphatic heterocycles. The molecule has 4 heavy (non-hydrogen) atoms. The Bertz CT molecular complexity index is 29.0. The zero-order valence-electron chi connectivity index (χ0n) is 2.43. The Morgan fingerprint density at radius 1 is 2.00 bits per heavy atom. The molecule has 0 rings (SSSR count). The van der Waals surface area contributed by atoms with Crippen LogP contribution in [0.1, 0.15) is 0 Å². The molecule has 0 heterocycles. The van der Waals surface area contributed by atoms with E-state index in [4.69, 9.17) is 0 Å². The van der Waals surface area contributed by atoms with Crippen molar-refractivity contribution in [2.75, 3.05) is 6.66 Å². The van der Waals surface area contributed by atoms with Gasteiger partial charge in [-0.05, 0) is 0 Å². The summed E-state index contributed by atoms with van der Waals surface area (Å²) in [5.41, 5.74) is 0. The van der Waals surface area contributed by atoms with E-state index in [0.29, 0.717) is 0 Å². The van der Waals surface area contributed by atoms with Gasteiger partial charge >= 0.3 is 7.49 Å². The maximum Gasteiger partial charge on any atom is 0.345 e. The van der Waals surface area contributed by atoms with Crippen LogP contribution in [0.4, 0.5) is 0 Å². The van der Waals surface area contributed by atoms with Crippen LogP contribution in [0.3, 0.4) is 0 Å². The SMILES string of the molecule is C[P+](=O)P. The number of hydrogen-bond acceptors (Lipinski definition) is 1. The monoisotopic (exact) mass is 95.0 g/mol. The number of rotatable bonds is 0. The minimum Gasteiger partial charge on any atom is -0.0732 e. The molecule has 1 nitrogen and oxygen atoms in total. The second-order valence-corrected chi connectivity index (χ2v) is 3.82. The van der Waals surface area contributed by atoms with Crippen LogP contribution in [0.15, 0.2) is 0 Å². The van der Waals surface area contributed by atoms with Gasteiger partial charge in [-0.3, -0.25) is 0 Å². The van der Waals surface area contributed by atoms with Crippen LogP contribution in [-0.4, -0.2) is 6.66 Å². The summed E-state index contributed by atoms with van der Waals surface area (Å²) in [4.78, 5) is 0. The summed E-state index contributed by atoms with van der Waals surface area (Å²) in [6, 6.07) is 0. The fourth-order valence-corrected chi connectivity index (χ4v) is 0. The van der Waals surface area contributed by atoms with Gasteiger partial charge in [0.15, 0.2) is 0 Å². The lowest BCUT2D eigenvalue weighted by Gasteiger charge is -1.37. The minimum atomic E-state index is -0.954. The summed E-state index contributed by atoms with van der Waals surface area (Å²) in [7, 11) is 1.21. The molecule has 0 saturated carbocycles. The predicted molar refractivity (Wildman–Crippen MR) is 23.2 cm³/mol. The lowest BCUT2D eigenvalue weighted by molar-refractivity contribution is 0.599. The van der Waals surface area contributed by atoms with Crippen molar-refractivity contribution in [3.05, 3.63) is 0 Å². The molecule has 0 aromatic rings. The van der Waals surface area contributed by atoms with E-state index in [9.17, 15) is 4.57 Å². The van der Waals surface area contributed by atoms with E-state index >= 15 is 0 Å². The Morgan fingerprint density at radius 2 is 2.00 bits per heavy atom. The number of hydrogen-bond donors (Lipinski definition) is 0. The van der Waals surface area contributed by atoms with Gasteiger partial charge in [0.05, 0.1) is 0 Å². The first-order valence-corrected chi connectivity index (χ1v) is 4.21. The molecule has 3 heteroatoms. The topological polar surface area (TPSA) is 17.1 Å². The Balaban J connectivity index is 2.80. The minimum absolute atomic E-state index is 0.954. The first kappa shape index (κ1) is 4.53. The van der Waals surface area contributed by atoms with Crippen molar-refractivity contribution in [2.45, 2.75) is 0 Å². The van der Waals surface area contributed by atoms with E-state index in [1.54, 1.807) is 6.66 Å². The second kappa shape index (κ2) is 1.81. The maximum absolute atomic E-state index is 9.56. The third-order valence-electron chi connectivity index (χ3n) is 0. The van der Waals surface area contributed by atoms with Crippen molar-refractivity contribution < 1.29 is 4.57 Å². The van der Waals surface area contributed by atoms with E-state index in [1.165, 1.54) is 0 Å². The molecule has 24 valence electrons. The van der Waals surface area contributed by atoms with E-state index in [2.05, 4.69) is 8.93 Å². The van der Waals surface area contributed by atoms with Crippen LogP contribution in [0, 0.1) is 0 Å². The first-order valence-electron chi connectivity index (χ1n) is 0.888. The van der Waals surface area contributed by atoms with Crippen LogP contribution in [0.25, 0.3) is 0 Å². The second-order valence-electron chi connectivity index (χ2n) is 0.546. The van der Waals surface area contributed by atoms with E-state index in [-0.39, 0.29) is 0 Å². The van der Waals surface area contributed by atoms with Gasteiger partial charge in [-0.2, -0.15) is 0 Å². The van der Waals surface area contributed by atoms with Gasteiger partial charge in [-0.15, -0.1) is 0 Å². The fourth-order valence-electron chi connectivity index (χ4n) is 0. The molecule has 0 aliphatic rings. The van der Waals surface area contributed by atoms with Crippen LogP contribution < -0.4 is 0 Å². The van der Waals surface area contributed by atoms with Crippen LogP contribution >= 0.6 is 16.4 Å². The zero-order valence-corrected chi connectivity index (χ0v) is 4.48. The van der Waals surface area contributed by atoms with Gasteiger partial charge in [-0.1, -0.05) is 4.57 Å². The van der Waals surface area contributed by atoms with E-state index in [1.807, 2.05) is 0 Å². The summed E-state index contributed by atoms with van der Waals surface area (Å²) in [5, 5.41) is 0. The Kier molecular flexibility index (Phi) is 2.05. The maximum atomic E-state index is 9.56. The normalized spacial score (nSPS) is 11.0. The van der Waals surface area contributed by atoms with Crippen LogP contribution in [0.2, 0.25) is 0 Å². The van der Waals surface area contributed by atoms with E-state index < -0.39 is 7.49 Å². The largest absolute Gasteiger partial charge is 0.345 e. The third kappa shape index (κ3) is 21.1. The van der Waals surface area contributed by atoms with E-state index in [0.717, 1.165) is 0 Å². The molecule has 0 spiro atoms. The van der Waals surface area contributed by atoms with Crippen LogP contribution in [-0.2, 0) is 4.57 Å². The highest BCUT2D eigenvalue weighted by molar-refractivity contribution is 8.06. The molecular weight excluding hydrogens is 90.0 g/mol. The highest BCUT2D eigenvalue weighted by Crippen LogP contribution is 2.22. The van der Waals surface area contributed by atoms with Gasteiger partial charge in [0.2, 0.25) is 0 Å². The molecule has 0 fully saturated rings. The van der Waals surface area contributed by atoms with Crippen molar-refractivity contribution in [2.24, 2.45) is 0 Å². The molecule has 0 aromatic heterocycles. The zero-order chi connectivity index (χ0) is 3.58. The summed E-state index contributed by atoms with van der Waals surface area (Å²) < 4.78 is 9.56. The fraction of sp³-hybridized carbons (Fsp3) is 1.00. The first-order chi connectivity index (χ1) is 1.73. The molecule has 0 aromatic carbocycles. The highest BCUT2D eigenvalue weighted by atomic mass is 32.0. The summed E-state index contributed by atoms with van der Waals surface area (Å²) in [5.74, 6) is 0. The van der Waals surface area contributed by atoms with Crippen molar-refractivity contribution >= 4 is 16.4 Å². The van der Waals surface area contributed by atoms with Crippen molar-refractivity contribution in [1.82, 2.24) is 0 Å². The lowest BCUT2D eigenvalue weighted by atomic mass is 12.0. The molecule has 2 atom stereocenters. The molecule has 0 radical (unpaired) electrons. The van der Waals surface area contributed by atoms with Crippen molar-refractivity contribution in [3.8, 4) is 0 Å². The summed E-state index contributed by atoms with van der Waals surface area (Å²) in [6.45, 7) is 1.64. The van der Waals surface area contributed by atoms with Crippen molar-refractivity contribution in [1.29, 1.82) is 0 Å². The van der Waals surface area contributed by atoms with Gasteiger partial charge in [0, 0.05) is 0 Å². The lowest BCUT2D eigenvalue weighted by Crippen LogP contribution is -1.16. The van der Waals surface area contributed by atoms with Crippen molar-refractivity contribution in [3.63, 3.8) is 0 Å². The molecule has 0 bridgehead atoms. The third-order valence-corrected chi connectivity index (χ3v) is 0. The standard InChI is InChI=1S/CH5OP2/c1-4(2)3/h3H2,1H3/q+1. The molecule has 0 amide bonds. The Morgan fingerprint density at radius 3 is 2.00 bits per heavy atom. The molecule has 0 saturated heterocycles. The Labute approximate surface area is 28.7 Å². The molecule has 0 N–H and O–H groups in total. The van der Waals surface area contributed by atoms with Gasteiger partial charge in [-0.25, -0.2) is 0 Å². The highest BCUT2D eigenvalue weighted by Gasteiger charge is 1.81. The summed E-state index contributed by atoms with van der Waals surface area (Å²) >= 11 is 0. The predicted octanol–water partition coefficient (Wildman–Crippen LogP) is 1.23. The average molecular weight is 95.0 g/mol. The van der Waals surface area contributed by atoms with Crippen LogP contribution in [0.5, 0.6) is 0 Å². The Hall–Kier alpha value is 0.530.